The molecule has 0 aliphatic carbocycles. The van der Waals surface area contributed by atoms with Crippen LogP contribution in [0.25, 0.3) is 37.8 Å². The van der Waals surface area contributed by atoms with E-state index in [2.05, 4.69) is 10.1 Å². The van der Waals surface area contributed by atoms with Crippen LogP contribution >= 0.6 is 22.9 Å². The minimum absolute atomic E-state index is 0.245. The standard InChI is InChI=1S/C19H9ClFN3OS/c20-16-12-3-1-2-4-13(12)17-22-18-15(19(25)24(17)23-16)14(9-26-18)10-5-7-11(21)8-6-10/h1-9H. The molecule has 0 saturated heterocycles. The first kappa shape index (κ1) is 15.4. The smallest absolute Gasteiger partial charge is 0.267 e. The summed E-state index contributed by atoms with van der Waals surface area (Å²) in [5.41, 5.74) is 1.64. The van der Waals surface area contributed by atoms with E-state index in [9.17, 15) is 9.18 Å². The number of nitrogens with zero attached hydrogens (tertiary/aromatic N) is 3. The van der Waals surface area contributed by atoms with Crippen LogP contribution < -0.4 is 5.56 Å². The molecule has 0 aliphatic heterocycles. The quantitative estimate of drug-likeness (QED) is 0.387. The van der Waals surface area contributed by atoms with Crippen molar-refractivity contribution in [2.75, 3.05) is 0 Å². The average molecular weight is 382 g/mol. The molecule has 0 fully saturated rings. The zero-order valence-electron chi connectivity index (χ0n) is 13.1. The molecule has 0 aliphatic rings. The third-order valence-electron chi connectivity index (χ3n) is 4.32. The predicted molar refractivity (Wildman–Crippen MR) is 103 cm³/mol. The minimum Gasteiger partial charge on any atom is -0.267 e. The second-order valence-electron chi connectivity index (χ2n) is 5.83. The van der Waals surface area contributed by atoms with Gasteiger partial charge in [0.15, 0.2) is 10.8 Å². The van der Waals surface area contributed by atoms with Crippen LogP contribution in [0.1, 0.15) is 0 Å². The maximum atomic E-state index is 13.2. The van der Waals surface area contributed by atoms with Gasteiger partial charge in [-0.25, -0.2) is 9.37 Å². The maximum Gasteiger partial charge on any atom is 0.283 e. The summed E-state index contributed by atoms with van der Waals surface area (Å²) in [5.74, 6) is -0.325. The summed E-state index contributed by atoms with van der Waals surface area (Å²) in [5, 5.41) is 8.31. The van der Waals surface area contributed by atoms with Crippen molar-refractivity contribution in [2.24, 2.45) is 0 Å². The molecule has 3 aromatic heterocycles. The van der Waals surface area contributed by atoms with Crippen molar-refractivity contribution in [3.8, 4) is 11.1 Å². The van der Waals surface area contributed by atoms with Crippen LogP contribution in [0, 0.1) is 5.82 Å². The molecule has 0 unspecified atom stereocenters. The molecule has 126 valence electrons. The molecule has 3 heterocycles. The molecule has 7 heteroatoms. The van der Waals surface area contributed by atoms with Gasteiger partial charge in [0, 0.05) is 21.7 Å². The summed E-state index contributed by atoms with van der Waals surface area (Å²) in [6, 6.07) is 13.5. The molecule has 5 rings (SSSR count). The molecule has 0 saturated carbocycles. The van der Waals surface area contributed by atoms with Crippen molar-refractivity contribution in [3.05, 3.63) is 75.2 Å². The summed E-state index contributed by atoms with van der Waals surface area (Å²) in [6.45, 7) is 0. The van der Waals surface area contributed by atoms with Gasteiger partial charge in [-0.1, -0.05) is 48.0 Å². The summed E-state index contributed by atoms with van der Waals surface area (Å²) in [4.78, 5) is 18.4. The highest BCUT2D eigenvalue weighted by Crippen LogP contribution is 2.32. The monoisotopic (exact) mass is 381 g/mol. The zero-order chi connectivity index (χ0) is 17.8. The van der Waals surface area contributed by atoms with Crippen molar-refractivity contribution in [1.82, 2.24) is 14.6 Å². The van der Waals surface area contributed by atoms with Crippen molar-refractivity contribution < 1.29 is 4.39 Å². The Hall–Kier alpha value is -2.83. The second-order valence-corrected chi connectivity index (χ2v) is 7.04. The van der Waals surface area contributed by atoms with Gasteiger partial charge in [-0.3, -0.25) is 4.79 Å². The Morgan fingerprint density at radius 3 is 2.54 bits per heavy atom. The lowest BCUT2D eigenvalue weighted by molar-refractivity contribution is 0.628. The van der Waals surface area contributed by atoms with Crippen LogP contribution in [0.3, 0.4) is 0 Å². The Labute approximate surface area is 155 Å². The predicted octanol–water partition coefficient (Wildman–Crippen LogP) is 4.92. The number of rotatable bonds is 1. The van der Waals surface area contributed by atoms with Gasteiger partial charge in [0.1, 0.15) is 10.6 Å². The fraction of sp³-hybridized carbons (Fsp3) is 0. The SMILES string of the molecule is O=c1c2c(-c3ccc(F)cc3)csc2nc2c3ccccc3c(Cl)nn12. The minimum atomic E-state index is -0.325. The number of hydrogen-bond donors (Lipinski definition) is 0. The molecule has 0 N–H and O–H groups in total. The number of hydrogen-bond acceptors (Lipinski definition) is 4. The molecule has 0 atom stereocenters. The van der Waals surface area contributed by atoms with Crippen molar-refractivity contribution >= 4 is 49.6 Å². The van der Waals surface area contributed by atoms with E-state index in [1.54, 1.807) is 12.1 Å². The van der Waals surface area contributed by atoms with E-state index in [0.717, 1.165) is 16.3 Å². The topological polar surface area (TPSA) is 47.3 Å². The molecule has 26 heavy (non-hydrogen) atoms. The van der Waals surface area contributed by atoms with Crippen LogP contribution in [-0.2, 0) is 0 Å². The Morgan fingerprint density at radius 2 is 1.77 bits per heavy atom. The van der Waals surface area contributed by atoms with E-state index in [4.69, 9.17) is 11.6 Å². The lowest BCUT2D eigenvalue weighted by Crippen LogP contribution is -2.18. The molecule has 2 aromatic carbocycles. The van der Waals surface area contributed by atoms with Gasteiger partial charge in [0.05, 0.1) is 5.39 Å². The van der Waals surface area contributed by atoms with Gasteiger partial charge >= 0.3 is 0 Å². The lowest BCUT2D eigenvalue weighted by atomic mass is 10.1. The Balaban J connectivity index is 1.92. The molecule has 4 nitrogen and oxygen atoms in total. The Bertz CT molecular complexity index is 1380. The summed E-state index contributed by atoms with van der Waals surface area (Å²) < 4.78 is 14.5. The normalized spacial score (nSPS) is 11.6. The van der Waals surface area contributed by atoms with Gasteiger partial charge in [0.25, 0.3) is 5.56 Å². The van der Waals surface area contributed by atoms with E-state index in [1.165, 1.54) is 28.0 Å². The van der Waals surface area contributed by atoms with Crippen molar-refractivity contribution in [3.63, 3.8) is 0 Å². The summed E-state index contributed by atoms with van der Waals surface area (Å²) >= 11 is 7.65. The van der Waals surface area contributed by atoms with E-state index < -0.39 is 0 Å². The van der Waals surface area contributed by atoms with Crippen LogP contribution in [0.4, 0.5) is 4.39 Å². The zero-order valence-corrected chi connectivity index (χ0v) is 14.7. The third-order valence-corrected chi connectivity index (χ3v) is 5.47. The van der Waals surface area contributed by atoms with E-state index in [1.807, 2.05) is 29.6 Å². The average Bonchev–Trinajstić information content (AvgIpc) is 3.08. The van der Waals surface area contributed by atoms with Gasteiger partial charge in [-0.05, 0) is 17.7 Å². The van der Waals surface area contributed by atoms with Crippen molar-refractivity contribution in [1.29, 1.82) is 0 Å². The molecule has 0 amide bonds. The molecule has 0 radical (unpaired) electrons. The molecule has 5 aromatic rings. The molecule has 0 bridgehead atoms. The highest BCUT2D eigenvalue weighted by Gasteiger charge is 2.17. The number of benzene rings is 2. The molecular weight excluding hydrogens is 373 g/mol. The highest BCUT2D eigenvalue weighted by molar-refractivity contribution is 7.17. The van der Waals surface area contributed by atoms with E-state index in [-0.39, 0.29) is 16.5 Å². The van der Waals surface area contributed by atoms with Crippen LogP contribution in [0.5, 0.6) is 0 Å². The molecular formula is C19H9ClFN3OS. The summed E-state index contributed by atoms with van der Waals surface area (Å²) in [7, 11) is 0. The van der Waals surface area contributed by atoms with E-state index in [0.29, 0.717) is 21.4 Å². The maximum absolute atomic E-state index is 13.2. The van der Waals surface area contributed by atoms with E-state index >= 15 is 0 Å². The van der Waals surface area contributed by atoms with Crippen LogP contribution in [0.15, 0.2) is 58.7 Å². The number of fused-ring (bicyclic) bond motifs is 4. The first-order valence-corrected chi connectivity index (χ1v) is 9.03. The Kier molecular flexibility index (Phi) is 3.32. The summed E-state index contributed by atoms with van der Waals surface area (Å²) in [6.07, 6.45) is 0. The molecule has 0 spiro atoms. The highest BCUT2D eigenvalue weighted by atomic mass is 35.5. The van der Waals surface area contributed by atoms with Gasteiger partial charge in [0.2, 0.25) is 0 Å². The fourth-order valence-electron chi connectivity index (χ4n) is 3.09. The number of thiophene rings is 1. The second kappa shape index (κ2) is 5.59. The first-order chi connectivity index (χ1) is 12.6. The van der Waals surface area contributed by atoms with Gasteiger partial charge in [-0.2, -0.15) is 9.61 Å². The van der Waals surface area contributed by atoms with Gasteiger partial charge in [-0.15, -0.1) is 11.3 Å². The van der Waals surface area contributed by atoms with Crippen LogP contribution in [0.2, 0.25) is 5.15 Å². The van der Waals surface area contributed by atoms with Crippen molar-refractivity contribution in [2.45, 2.75) is 0 Å². The number of aromatic nitrogens is 3. The van der Waals surface area contributed by atoms with Gasteiger partial charge < -0.3 is 0 Å². The largest absolute Gasteiger partial charge is 0.283 e. The first-order valence-electron chi connectivity index (χ1n) is 7.78. The fourth-order valence-corrected chi connectivity index (χ4v) is 4.27. The number of halogens is 2. The van der Waals surface area contributed by atoms with Crippen LogP contribution in [-0.4, -0.2) is 14.6 Å². The Morgan fingerprint density at radius 1 is 1.04 bits per heavy atom. The lowest BCUT2D eigenvalue weighted by Gasteiger charge is -2.06. The third kappa shape index (κ3) is 2.16.